The molecule has 4 amide bonds. The van der Waals surface area contributed by atoms with E-state index < -0.39 is 29.8 Å². The van der Waals surface area contributed by atoms with Crippen LogP contribution in [0.15, 0.2) is 30.5 Å². The number of nitrogens with two attached hydrogens (primary N) is 1. The predicted molar refractivity (Wildman–Crippen MR) is 185 cm³/mol. The molecule has 0 spiro atoms. The number of hydrogen-bond acceptors (Lipinski definition) is 7. The zero-order chi connectivity index (χ0) is 35.8. The van der Waals surface area contributed by atoms with Crippen molar-refractivity contribution in [2.45, 2.75) is 97.4 Å². The highest BCUT2D eigenvalue weighted by Crippen LogP contribution is 2.50. The fourth-order valence-electron chi connectivity index (χ4n) is 6.53. The summed E-state index contributed by atoms with van der Waals surface area (Å²) in [5.74, 6) is -0.483. The van der Waals surface area contributed by atoms with Gasteiger partial charge < -0.3 is 30.9 Å². The van der Waals surface area contributed by atoms with E-state index in [2.05, 4.69) is 27.6 Å². The first-order chi connectivity index (χ1) is 23.3. The third kappa shape index (κ3) is 10.3. The summed E-state index contributed by atoms with van der Waals surface area (Å²) >= 11 is 0. The minimum atomic E-state index is -0.881. The van der Waals surface area contributed by atoms with Crippen molar-refractivity contribution in [1.29, 1.82) is 0 Å². The molecule has 4 N–H and O–H groups in total. The molecule has 1 aliphatic heterocycles. The number of piperazine rings is 1. The predicted octanol–water partition coefficient (Wildman–Crippen LogP) is 3.77. The van der Waals surface area contributed by atoms with E-state index in [1.807, 2.05) is 27.8 Å². The quantitative estimate of drug-likeness (QED) is 0.274. The molecule has 1 aromatic carbocycles. The standard InChI is InChI=1S/C30H45FN4O4.C6H9N3O/c1-6-39-20(4)29(37)33-28(30(38)35-14-13-34(5)18(2)17-35)19(3)23-11-12-26(25(31)15-23)32-27(36)16-24(21-7-8-21)22-9-10-22;1-2-9-5(6(7)10)3-4-8-9/h11-12,15,18-22,24,28H,6-10,13-14,16-17H2,1-5H3,(H,32,36)(H,33,37);3-4H,2H2,1H3,(H2,7,10). The summed E-state index contributed by atoms with van der Waals surface area (Å²) in [5.41, 5.74) is 6.21. The van der Waals surface area contributed by atoms with Gasteiger partial charge in [0, 0.05) is 57.4 Å². The number of primary amides is 1. The number of rotatable bonds is 14. The van der Waals surface area contributed by atoms with E-state index in [4.69, 9.17) is 10.5 Å². The highest BCUT2D eigenvalue weighted by molar-refractivity contribution is 5.92. The molecule has 4 atom stereocenters. The fraction of sp³-hybridized carbons (Fsp3) is 0.639. The number of ether oxygens (including phenoxy) is 1. The van der Waals surface area contributed by atoms with Gasteiger partial charge in [-0.3, -0.25) is 23.9 Å². The van der Waals surface area contributed by atoms with Crippen molar-refractivity contribution in [2.75, 3.05) is 38.6 Å². The molecule has 0 bridgehead atoms. The van der Waals surface area contributed by atoms with Crippen molar-refractivity contribution in [3.63, 3.8) is 0 Å². The van der Waals surface area contributed by atoms with Gasteiger partial charge in [-0.05, 0) is 102 Å². The van der Waals surface area contributed by atoms with Gasteiger partial charge in [-0.2, -0.15) is 5.10 Å². The second kappa shape index (κ2) is 17.2. The summed E-state index contributed by atoms with van der Waals surface area (Å²) in [6.07, 6.45) is 6.07. The molecule has 4 unspecified atom stereocenters. The molecule has 0 radical (unpaired) electrons. The Morgan fingerprint density at radius 2 is 1.73 bits per heavy atom. The Bertz CT molecular complexity index is 1450. The van der Waals surface area contributed by atoms with Gasteiger partial charge in [-0.25, -0.2) is 4.39 Å². The van der Waals surface area contributed by atoms with E-state index in [9.17, 15) is 19.2 Å². The molecule has 3 fully saturated rings. The van der Waals surface area contributed by atoms with Crippen LogP contribution in [0.4, 0.5) is 10.1 Å². The Morgan fingerprint density at radius 1 is 1.06 bits per heavy atom. The average Bonchev–Trinajstić information content (AvgIpc) is 4.02. The lowest BCUT2D eigenvalue weighted by Crippen LogP contribution is -2.58. The van der Waals surface area contributed by atoms with Crippen LogP contribution in [0.3, 0.4) is 0 Å². The Morgan fingerprint density at radius 3 is 2.27 bits per heavy atom. The number of nitrogens with one attached hydrogen (secondary N) is 2. The van der Waals surface area contributed by atoms with Crippen LogP contribution in [0.5, 0.6) is 0 Å². The highest BCUT2D eigenvalue weighted by Gasteiger charge is 2.42. The lowest BCUT2D eigenvalue weighted by molar-refractivity contribution is -0.142. The smallest absolute Gasteiger partial charge is 0.266 e. The van der Waals surface area contributed by atoms with E-state index in [1.54, 1.807) is 40.9 Å². The van der Waals surface area contributed by atoms with Gasteiger partial charge in [0.15, 0.2) is 0 Å². The van der Waals surface area contributed by atoms with Crippen LogP contribution in [0, 0.1) is 23.6 Å². The zero-order valence-corrected chi connectivity index (χ0v) is 29.8. The van der Waals surface area contributed by atoms with Crippen molar-refractivity contribution in [3.8, 4) is 0 Å². The maximum atomic E-state index is 15.2. The van der Waals surface area contributed by atoms with Gasteiger partial charge in [-0.15, -0.1) is 0 Å². The molecule has 1 aromatic heterocycles. The van der Waals surface area contributed by atoms with Crippen molar-refractivity contribution < 1.29 is 28.3 Å². The molecule has 2 aliphatic carbocycles. The molecule has 270 valence electrons. The van der Waals surface area contributed by atoms with Crippen LogP contribution in [-0.4, -0.2) is 94.7 Å². The van der Waals surface area contributed by atoms with E-state index in [-0.39, 0.29) is 29.5 Å². The molecule has 1 saturated heterocycles. The SMILES string of the molecule is CCOC(C)C(=O)NC(C(=O)N1CCN(C)C(C)C1)C(C)c1ccc(NC(=O)CC(C2CC2)C2CC2)c(F)c1.CCn1nccc1C(N)=O. The molecule has 3 aliphatic rings. The molecule has 12 nitrogen and oxygen atoms in total. The van der Waals surface area contributed by atoms with Gasteiger partial charge >= 0.3 is 0 Å². The van der Waals surface area contributed by atoms with Gasteiger partial charge in [0.2, 0.25) is 17.7 Å². The van der Waals surface area contributed by atoms with Gasteiger partial charge in [-0.1, -0.05) is 13.0 Å². The minimum Gasteiger partial charge on any atom is -0.369 e. The first-order valence-electron chi connectivity index (χ1n) is 17.7. The number of carbonyl (C=O) groups is 4. The van der Waals surface area contributed by atoms with Gasteiger partial charge in [0.25, 0.3) is 5.91 Å². The van der Waals surface area contributed by atoms with E-state index in [1.165, 1.54) is 31.7 Å². The first-order valence-corrected chi connectivity index (χ1v) is 17.7. The van der Waals surface area contributed by atoms with Crippen LogP contribution >= 0.6 is 0 Å². The third-order valence-electron chi connectivity index (χ3n) is 10.1. The van der Waals surface area contributed by atoms with Crippen molar-refractivity contribution in [3.05, 3.63) is 47.5 Å². The third-order valence-corrected chi connectivity index (χ3v) is 10.1. The maximum absolute atomic E-state index is 15.2. The second-order valence-corrected chi connectivity index (χ2v) is 13.7. The van der Waals surface area contributed by atoms with Crippen molar-refractivity contribution in [2.24, 2.45) is 23.5 Å². The second-order valence-electron chi connectivity index (χ2n) is 13.7. The summed E-state index contributed by atoms with van der Waals surface area (Å²) in [6, 6.07) is 5.57. The lowest BCUT2D eigenvalue weighted by Gasteiger charge is -2.40. The number of aryl methyl sites for hydroxylation is 1. The molecule has 2 heterocycles. The highest BCUT2D eigenvalue weighted by atomic mass is 19.1. The van der Waals surface area contributed by atoms with Crippen LogP contribution in [0.2, 0.25) is 0 Å². The summed E-state index contributed by atoms with van der Waals surface area (Å²) in [4.78, 5) is 53.9. The molecule has 5 rings (SSSR count). The van der Waals surface area contributed by atoms with Crippen LogP contribution in [0.1, 0.15) is 88.7 Å². The minimum absolute atomic E-state index is 0.145. The van der Waals surface area contributed by atoms with Crippen LogP contribution in [-0.2, 0) is 25.7 Å². The Labute approximate surface area is 289 Å². The Balaban J connectivity index is 0.000000463. The number of likely N-dealkylation sites (N-methyl/N-ethyl adjacent to an activating group) is 1. The first kappa shape index (κ1) is 38.0. The van der Waals surface area contributed by atoms with E-state index >= 15 is 4.39 Å². The topological polar surface area (TPSA) is 152 Å². The Kier molecular flexibility index (Phi) is 13.3. The molecule has 2 aromatic rings. The summed E-state index contributed by atoms with van der Waals surface area (Å²) in [5, 5.41) is 9.52. The summed E-state index contributed by atoms with van der Waals surface area (Å²) < 4.78 is 22.2. The van der Waals surface area contributed by atoms with Crippen molar-refractivity contribution in [1.82, 2.24) is 24.9 Å². The number of nitrogens with zero attached hydrogens (tertiary/aromatic N) is 4. The summed E-state index contributed by atoms with van der Waals surface area (Å²) in [6.45, 7) is 12.1. The largest absolute Gasteiger partial charge is 0.369 e. The van der Waals surface area contributed by atoms with Crippen molar-refractivity contribution >= 4 is 29.3 Å². The zero-order valence-electron chi connectivity index (χ0n) is 29.8. The number of amides is 4. The molecule has 49 heavy (non-hydrogen) atoms. The summed E-state index contributed by atoms with van der Waals surface area (Å²) in [7, 11) is 2.03. The number of carbonyl (C=O) groups excluding carboxylic acids is 4. The normalized spacial score (nSPS) is 19.8. The van der Waals surface area contributed by atoms with Crippen LogP contribution < -0.4 is 16.4 Å². The van der Waals surface area contributed by atoms with E-state index in [0.29, 0.717) is 61.7 Å². The Hall–Kier alpha value is -3.84. The van der Waals surface area contributed by atoms with Gasteiger partial charge in [0.05, 0.1) is 5.69 Å². The fourth-order valence-corrected chi connectivity index (χ4v) is 6.53. The molecule has 2 saturated carbocycles. The number of anilines is 1. The number of hydrogen-bond donors (Lipinski definition) is 3. The average molecular weight is 684 g/mol. The molecular weight excluding hydrogens is 629 g/mol. The molecular formula is C36H54FN7O5. The van der Waals surface area contributed by atoms with E-state index in [0.717, 1.165) is 6.54 Å². The van der Waals surface area contributed by atoms with Gasteiger partial charge in [0.1, 0.15) is 23.7 Å². The van der Waals surface area contributed by atoms with Crippen LogP contribution in [0.25, 0.3) is 0 Å². The monoisotopic (exact) mass is 683 g/mol. The maximum Gasteiger partial charge on any atom is 0.266 e. The molecule has 13 heteroatoms. The number of halogens is 1. The number of aromatic nitrogens is 2. The number of benzene rings is 1. The lowest BCUT2D eigenvalue weighted by atomic mass is 9.91.